The SMILES string of the molecule is CC(C)c1cc(N)nc(-c2ccc3c(c2)OCCO3)n1. The predicted octanol–water partition coefficient (Wildman–Crippen LogP) is 2.62. The van der Waals surface area contributed by atoms with Crippen molar-refractivity contribution in [1.82, 2.24) is 9.97 Å². The Balaban J connectivity index is 2.04. The average Bonchev–Trinajstić information content (AvgIpc) is 2.46. The van der Waals surface area contributed by atoms with E-state index < -0.39 is 0 Å². The number of nitrogens with zero attached hydrogens (tertiary/aromatic N) is 2. The molecule has 0 saturated carbocycles. The molecule has 0 aliphatic carbocycles. The zero-order valence-corrected chi connectivity index (χ0v) is 11.6. The van der Waals surface area contributed by atoms with E-state index in [1.165, 1.54) is 0 Å². The number of nitrogens with two attached hydrogens (primary N) is 1. The minimum atomic E-state index is 0.302. The molecule has 0 saturated heterocycles. The molecule has 104 valence electrons. The maximum Gasteiger partial charge on any atom is 0.162 e. The first-order chi connectivity index (χ1) is 9.63. The van der Waals surface area contributed by atoms with Crippen molar-refractivity contribution >= 4 is 5.82 Å². The second-order valence-corrected chi connectivity index (χ2v) is 5.05. The fraction of sp³-hybridized carbons (Fsp3) is 0.333. The summed E-state index contributed by atoms with van der Waals surface area (Å²) in [6, 6.07) is 7.51. The van der Waals surface area contributed by atoms with Crippen LogP contribution in [0.3, 0.4) is 0 Å². The van der Waals surface area contributed by atoms with E-state index in [4.69, 9.17) is 15.2 Å². The van der Waals surface area contributed by atoms with Gasteiger partial charge in [0.2, 0.25) is 0 Å². The number of aromatic nitrogens is 2. The number of fused-ring (bicyclic) bond motifs is 1. The minimum Gasteiger partial charge on any atom is -0.486 e. The van der Waals surface area contributed by atoms with Crippen molar-refractivity contribution in [2.75, 3.05) is 18.9 Å². The van der Waals surface area contributed by atoms with Gasteiger partial charge in [-0.3, -0.25) is 0 Å². The highest BCUT2D eigenvalue weighted by Gasteiger charge is 2.14. The second-order valence-electron chi connectivity index (χ2n) is 5.05. The monoisotopic (exact) mass is 271 g/mol. The van der Waals surface area contributed by atoms with Crippen molar-refractivity contribution in [3.05, 3.63) is 30.0 Å². The standard InChI is InChI=1S/C15H17N3O2/c1-9(2)11-8-14(16)18-15(17-11)10-3-4-12-13(7-10)20-6-5-19-12/h3-4,7-9H,5-6H2,1-2H3,(H2,16,17,18). The van der Waals surface area contributed by atoms with Gasteiger partial charge in [-0.15, -0.1) is 0 Å². The Bertz CT molecular complexity index is 641. The van der Waals surface area contributed by atoms with Crippen molar-refractivity contribution < 1.29 is 9.47 Å². The summed E-state index contributed by atoms with van der Waals surface area (Å²) in [5.74, 6) is 2.88. The fourth-order valence-corrected chi connectivity index (χ4v) is 2.09. The van der Waals surface area contributed by atoms with Crippen LogP contribution in [-0.4, -0.2) is 23.2 Å². The minimum absolute atomic E-state index is 0.302. The number of anilines is 1. The Morgan fingerprint density at radius 1 is 1.05 bits per heavy atom. The number of rotatable bonds is 2. The van der Waals surface area contributed by atoms with Crippen molar-refractivity contribution in [2.45, 2.75) is 19.8 Å². The molecule has 2 heterocycles. The van der Waals surface area contributed by atoms with E-state index in [9.17, 15) is 0 Å². The van der Waals surface area contributed by atoms with Crippen LogP contribution >= 0.6 is 0 Å². The second kappa shape index (κ2) is 5.00. The maximum atomic E-state index is 5.87. The number of ether oxygens (including phenoxy) is 2. The molecule has 20 heavy (non-hydrogen) atoms. The zero-order chi connectivity index (χ0) is 14.1. The molecule has 1 aromatic heterocycles. The van der Waals surface area contributed by atoms with Gasteiger partial charge in [-0.25, -0.2) is 9.97 Å². The lowest BCUT2D eigenvalue weighted by Crippen LogP contribution is -2.15. The fourth-order valence-electron chi connectivity index (χ4n) is 2.09. The van der Waals surface area contributed by atoms with Gasteiger partial charge in [0, 0.05) is 17.3 Å². The van der Waals surface area contributed by atoms with Crippen LogP contribution in [0.2, 0.25) is 0 Å². The van der Waals surface area contributed by atoms with Crippen LogP contribution in [-0.2, 0) is 0 Å². The highest BCUT2D eigenvalue weighted by molar-refractivity contribution is 5.62. The molecule has 0 radical (unpaired) electrons. The molecule has 0 unspecified atom stereocenters. The molecule has 0 fully saturated rings. The first-order valence-corrected chi connectivity index (χ1v) is 6.68. The van der Waals surface area contributed by atoms with E-state index in [0.717, 1.165) is 22.8 Å². The Morgan fingerprint density at radius 2 is 1.80 bits per heavy atom. The third-order valence-corrected chi connectivity index (χ3v) is 3.16. The number of hydrogen-bond donors (Lipinski definition) is 1. The van der Waals surface area contributed by atoms with Gasteiger partial charge in [-0.2, -0.15) is 0 Å². The average molecular weight is 271 g/mol. The van der Waals surface area contributed by atoms with Crippen LogP contribution in [0.25, 0.3) is 11.4 Å². The first-order valence-electron chi connectivity index (χ1n) is 6.68. The maximum absolute atomic E-state index is 5.87. The van der Waals surface area contributed by atoms with E-state index in [-0.39, 0.29) is 0 Å². The van der Waals surface area contributed by atoms with E-state index in [2.05, 4.69) is 23.8 Å². The highest BCUT2D eigenvalue weighted by Crippen LogP contribution is 2.34. The molecular weight excluding hydrogens is 254 g/mol. The van der Waals surface area contributed by atoms with E-state index in [1.54, 1.807) is 0 Å². The van der Waals surface area contributed by atoms with Crippen LogP contribution in [0.5, 0.6) is 11.5 Å². The third kappa shape index (κ3) is 2.39. The normalized spacial score (nSPS) is 13.6. The van der Waals surface area contributed by atoms with Gasteiger partial charge in [0.1, 0.15) is 19.0 Å². The van der Waals surface area contributed by atoms with Crippen molar-refractivity contribution in [3.63, 3.8) is 0 Å². The molecule has 0 bridgehead atoms. The molecule has 3 rings (SSSR count). The van der Waals surface area contributed by atoms with Gasteiger partial charge < -0.3 is 15.2 Å². The first kappa shape index (κ1) is 12.7. The lowest BCUT2D eigenvalue weighted by Gasteiger charge is -2.18. The van der Waals surface area contributed by atoms with Gasteiger partial charge in [0.05, 0.1) is 0 Å². The summed E-state index contributed by atoms with van der Waals surface area (Å²) in [5, 5.41) is 0. The highest BCUT2D eigenvalue weighted by atomic mass is 16.6. The van der Waals surface area contributed by atoms with Crippen LogP contribution in [0, 0.1) is 0 Å². The number of benzene rings is 1. The summed E-state index contributed by atoms with van der Waals surface area (Å²) < 4.78 is 11.1. The molecule has 1 aliphatic heterocycles. The van der Waals surface area contributed by atoms with Gasteiger partial charge in [0.25, 0.3) is 0 Å². The molecule has 1 aliphatic rings. The summed E-state index contributed by atoms with van der Waals surface area (Å²) >= 11 is 0. The number of nitrogen functional groups attached to an aromatic ring is 1. The molecule has 5 nitrogen and oxygen atoms in total. The quantitative estimate of drug-likeness (QED) is 0.909. The largest absolute Gasteiger partial charge is 0.486 e. The van der Waals surface area contributed by atoms with Crippen LogP contribution in [0.1, 0.15) is 25.5 Å². The van der Waals surface area contributed by atoms with Gasteiger partial charge in [-0.1, -0.05) is 13.8 Å². The van der Waals surface area contributed by atoms with Crippen LogP contribution in [0.4, 0.5) is 5.82 Å². The smallest absolute Gasteiger partial charge is 0.162 e. The lowest BCUT2D eigenvalue weighted by atomic mass is 10.1. The van der Waals surface area contributed by atoms with Gasteiger partial charge in [-0.05, 0) is 24.1 Å². The Labute approximate surface area is 117 Å². The predicted molar refractivity (Wildman–Crippen MR) is 77.0 cm³/mol. The molecular formula is C15H17N3O2. The Kier molecular flexibility index (Phi) is 3.18. The summed E-state index contributed by atoms with van der Waals surface area (Å²) in [4.78, 5) is 8.87. The summed E-state index contributed by atoms with van der Waals surface area (Å²) in [6.07, 6.45) is 0. The molecule has 2 N–H and O–H groups in total. The third-order valence-electron chi connectivity index (χ3n) is 3.16. The van der Waals surface area contributed by atoms with Crippen molar-refractivity contribution in [1.29, 1.82) is 0 Å². The topological polar surface area (TPSA) is 70.3 Å². The molecule has 0 amide bonds. The molecule has 0 atom stereocenters. The molecule has 5 heteroatoms. The Morgan fingerprint density at radius 3 is 2.55 bits per heavy atom. The number of hydrogen-bond acceptors (Lipinski definition) is 5. The molecule has 1 aromatic carbocycles. The van der Waals surface area contributed by atoms with E-state index >= 15 is 0 Å². The van der Waals surface area contributed by atoms with Crippen LogP contribution in [0.15, 0.2) is 24.3 Å². The lowest BCUT2D eigenvalue weighted by molar-refractivity contribution is 0.171. The van der Waals surface area contributed by atoms with Gasteiger partial charge in [0.15, 0.2) is 17.3 Å². The Hall–Kier alpha value is -2.30. The molecule has 2 aromatic rings. The van der Waals surface area contributed by atoms with Crippen molar-refractivity contribution in [2.24, 2.45) is 0 Å². The van der Waals surface area contributed by atoms with Gasteiger partial charge >= 0.3 is 0 Å². The molecule has 0 spiro atoms. The summed E-state index contributed by atoms with van der Waals surface area (Å²) in [7, 11) is 0. The van der Waals surface area contributed by atoms with E-state index in [1.807, 2.05) is 24.3 Å². The summed E-state index contributed by atoms with van der Waals surface area (Å²) in [6.45, 7) is 5.30. The van der Waals surface area contributed by atoms with Crippen molar-refractivity contribution in [3.8, 4) is 22.9 Å². The zero-order valence-electron chi connectivity index (χ0n) is 11.6. The van der Waals surface area contributed by atoms with Crippen LogP contribution < -0.4 is 15.2 Å². The van der Waals surface area contributed by atoms with E-state index in [0.29, 0.717) is 30.8 Å². The summed E-state index contributed by atoms with van der Waals surface area (Å²) in [5.41, 5.74) is 7.68.